The predicted molar refractivity (Wildman–Crippen MR) is 113 cm³/mol. The highest BCUT2D eigenvalue weighted by atomic mass is 35.5. The van der Waals surface area contributed by atoms with Gasteiger partial charge in [0.05, 0.1) is 21.4 Å². The Balaban J connectivity index is 1.50. The molecule has 10 heteroatoms. The second-order valence-corrected chi connectivity index (χ2v) is 9.59. The van der Waals surface area contributed by atoms with Crippen LogP contribution in [0.5, 0.6) is 0 Å². The minimum Gasteiger partial charge on any atom is -0.431 e. The molecule has 152 valence electrons. The van der Waals surface area contributed by atoms with E-state index in [2.05, 4.69) is 9.71 Å². The van der Waals surface area contributed by atoms with Crippen molar-refractivity contribution in [3.63, 3.8) is 0 Å². The maximum atomic E-state index is 12.7. The van der Waals surface area contributed by atoms with Gasteiger partial charge >= 0.3 is 0 Å². The van der Waals surface area contributed by atoms with E-state index in [1.165, 1.54) is 23.9 Å². The number of fused-ring (bicyclic) bond motifs is 1. The molecule has 1 aliphatic heterocycles. The Morgan fingerprint density at radius 2 is 1.97 bits per heavy atom. The largest absolute Gasteiger partial charge is 0.431 e. The van der Waals surface area contributed by atoms with Crippen LogP contribution in [-0.4, -0.2) is 43.1 Å². The first-order valence-electron chi connectivity index (χ1n) is 9.01. The van der Waals surface area contributed by atoms with Crippen LogP contribution in [-0.2, 0) is 14.8 Å². The number of para-hydroxylation sites is 1. The van der Waals surface area contributed by atoms with Gasteiger partial charge in [0.25, 0.3) is 15.2 Å². The monoisotopic (exact) mass is 451 g/mol. The van der Waals surface area contributed by atoms with Crippen molar-refractivity contribution in [3.8, 4) is 0 Å². The van der Waals surface area contributed by atoms with E-state index in [-0.39, 0.29) is 16.6 Å². The minimum absolute atomic E-state index is 0.0444. The molecule has 29 heavy (non-hydrogen) atoms. The number of rotatable bonds is 6. The Morgan fingerprint density at radius 1 is 1.21 bits per heavy atom. The van der Waals surface area contributed by atoms with Gasteiger partial charge in [0, 0.05) is 13.1 Å². The molecular weight excluding hydrogens is 434 g/mol. The van der Waals surface area contributed by atoms with E-state index in [0.717, 1.165) is 25.9 Å². The first-order valence-corrected chi connectivity index (χ1v) is 11.9. The molecule has 0 saturated carbocycles. The average Bonchev–Trinajstić information content (AvgIpc) is 3.36. The highest BCUT2D eigenvalue weighted by molar-refractivity contribution is 7.99. The second kappa shape index (κ2) is 8.25. The molecule has 1 fully saturated rings. The molecule has 0 spiro atoms. The lowest BCUT2D eigenvalue weighted by Crippen LogP contribution is -2.29. The lowest BCUT2D eigenvalue weighted by molar-refractivity contribution is -0.127. The number of likely N-dealkylation sites (tertiary alicyclic amines) is 1. The van der Waals surface area contributed by atoms with Gasteiger partial charge in [0.15, 0.2) is 5.58 Å². The number of aromatic nitrogens is 1. The lowest BCUT2D eigenvalue weighted by atomic mass is 10.3. The average molecular weight is 452 g/mol. The molecule has 7 nitrogen and oxygen atoms in total. The summed E-state index contributed by atoms with van der Waals surface area (Å²) >= 11 is 7.24. The number of hydrogen-bond donors (Lipinski definition) is 1. The van der Waals surface area contributed by atoms with Crippen molar-refractivity contribution in [2.75, 3.05) is 23.6 Å². The van der Waals surface area contributed by atoms with Gasteiger partial charge in [-0.25, -0.2) is 13.4 Å². The van der Waals surface area contributed by atoms with E-state index < -0.39 is 10.0 Å². The van der Waals surface area contributed by atoms with Crippen molar-refractivity contribution in [3.05, 3.63) is 47.5 Å². The Morgan fingerprint density at radius 3 is 2.72 bits per heavy atom. The number of amides is 1. The van der Waals surface area contributed by atoms with Gasteiger partial charge in [-0.05, 0) is 43.2 Å². The van der Waals surface area contributed by atoms with Crippen LogP contribution in [0.3, 0.4) is 0 Å². The zero-order valence-corrected chi connectivity index (χ0v) is 17.7. The van der Waals surface area contributed by atoms with Crippen molar-refractivity contribution in [1.29, 1.82) is 0 Å². The summed E-state index contributed by atoms with van der Waals surface area (Å²) in [5, 5.41) is 0.640. The van der Waals surface area contributed by atoms with Crippen molar-refractivity contribution in [2.24, 2.45) is 0 Å². The van der Waals surface area contributed by atoms with Crippen molar-refractivity contribution >= 4 is 56.1 Å². The third-order valence-corrected chi connectivity index (χ3v) is 7.05. The summed E-state index contributed by atoms with van der Waals surface area (Å²) < 4.78 is 33.5. The summed E-state index contributed by atoms with van der Waals surface area (Å²) in [4.78, 5) is 18.4. The molecule has 1 saturated heterocycles. The number of nitrogens with zero attached hydrogens (tertiary/aromatic N) is 2. The SMILES string of the molecule is O=C(CSc1nc2cc(S(=O)(=O)Nc3ccccc3Cl)ccc2o1)N1CCCC1. The first kappa shape index (κ1) is 20.1. The van der Waals surface area contributed by atoms with Gasteiger partial charge in [0.1, 0.15) is 5.52 Å². The molecule has 2 aromatic carbocycles. The highest BCUT2D eigenvalue weighted by Gasteiger charge is 2.20. The van der Waals surface area contributed by atoms with Gasteiger partial charge in [-0.15, -0.1) is 0 Å². The predicted octanol–water partition coefficient (Wildman–Crippen LogP) is 4.00. The molecule has 3 aromatic rings. The summed E-state index contributed by atoms with van der Waals surface area (Å²) in [5.41, 5.74) is 1.16. The molecule has 1 amide bonds. The summed E-state index contributed by atoms with van der Waals surface area (Å²) in [6.07, 6.45) is 2.08. The number of hydrogen-bond acceptors (Lipinski definition) is 6. The molecule has 1 aromatic heterocycles. The fourth-order valence-corrected chi connectivity index (χ4v) is 5.12. The van der Waals surface area contributed by atoms with E-state index in [4.69, 9.17) is 16.0 Å². The van der Waals surface area contributed by atoms with Crippen LogP contribution in [0.25, 0.3) is 11.1 Å². The van der Waals surface area contributed by atoms with Crippen molar-refractivity contribution in [1.82, 2.24) is 9.88 Å². The van der Waals surface area contributed by atoms with Crippen molar-refractivity contribution in [2.45, 2.75) is 23.0 Å². The topological polar surface area (TPSA) is 92.5 Å². The summed E-state index contributed by atoms with van der Waals surface area (Å²) in [5.74, 6) is 0.299. The van der Waals surface area contributed by atoms with E-state index in [0.29, 0.717) is 27.0 Å². The molecule has 1 N–H and O–H groups in total. The summed E-state index contributed by atoms with van der Waals surface area (Å²) in [7, 11) is -3.84. The fraction of sp³-hybridized carbons (Fsp3) is 0.263. The number of sulfonamides is 1. The third kappa shape index (κ3) is 4.52. The highest BCUT2D eigenvalue weighted by Crippen LogP contribution is 2.28. The van der Waals surface area contributed by atoms with Gasteiger partial charge in [-0.1, -0.05) is 35.5 Å². The van der Waals surface area contributed by atoms with E-state index >= 15 is 0 Å². The number of nitrogens with one attached hydrogen (secondary N) is 1. The van der Waals surface area contributed by atoms with Gasteiger partial charge < -0.3 is 9.32 Å². The van der Waals surface area contributed by atoms with Crippen LogP contribution in [0, 0.1) is 0 Å². The number of carbonyl (C=O) groups excluding carboxylic acids is 1. The smallest absolute Gasteiger partial charge is 0.262 e. The second-order valence-electron chi connectivity index (χ2n) is 6.57. The third-order valence-electron chi connectivity index (χ3n) is 4.55. The minimum atomic E-state index is -3.84. The van der Waals surface area contributed by atoms with E-state index in [9.17, 15) is 13.2 Å². The Labute approximate surface area is 177 Å². The number of thioether (sulfide) groups is 1. The Hall–Kier alpha value is -2.23. The Bertz CT molecular complexity index is 1160. The molecular formula is C19H18ClN3O4S2. The normalized spacial score (nSPS) is 14.4. The molecule has 0 bridgehead atoms. The standard InChI is InChI=1S/C19H18ClN3O4S2/c20-14-5-1-2-6-15(14)22-29(25,26)13-7-8-17-16(11-13)21-19(27-17)28-12-18(24)23-9-3-4-10-23/h1-2,5-8,11,22H,3-4,9-10,12H2. The molecule has 0 aliphatic carbocycles. The zero-order valence-electron chi connectivity index (χ0n) is 15.3. The van der Waals surface area contributed by atoms with Crippen molar-refractivity contribution < 1.29 is 17.6 Å². The summed E-state index contributed by atoms with van der Waals surface area (Å²) in [6.45, 7) is 1.60. The van der Waals surface area contributed by atoms with Crippen LogP contribution in [0.4, 0.5) is 5.69 Å². The number of halogens is 1. The van der Waals surface area contributed by atoms with Crippen LogP contribution in [0.15, 0.2) is 57.0 Å². The maximum Gasteiger partial charge on any atom is 0.262 e. The number of benzene rings is 2. The number of oxazole rings is 1. The van der Waals surface area contributed by atoms with Crippen LogP contribution in [0.1, 0.15) is 12.8 Å². The van der Waals surface area contributed by atoms with Gasteiger partial charge in [-0.2, -0.15) is 0 Å². The molecule has 0 atom stereocenters. The molecule has 1 aliphatic rings. The van der Waals surface area contributed by atoms with Gasteiger partial charge in [-0.3, -0.25) is 9.52 Å². The van der Waals surface area contributed by atoms with E-state index in [1.807, 2.05) is 4.90 Å². The maximum absolute atomic E-state index is 12.7. The molecule has 2 heterocycles. The van der Waals surface area contributed by atoms with E-state index in [1.54, 1.807) is 30.3 Å². The fourth-order valence-electron chi connectivity index (χ4n) is 3.04. The first-order chi connectivity index (χ1) is 13.9. The van der Waals surface area contributed by atoms with Gasteiger partial charge in [0.2, 0.25) is 5.91 Å². The molecule has 0 unspecified atom stereocenters. The number of anilines is 1. The lowest BCUT2D eigenvalue weighted by Gasteiger charge is -2.13. The van der Waals surface area contributed by atoms with Crippen LogP contribution in [0.2, 0.25) is 5.02 Å². The Kier molecular flexibility index (Phi) is 5.71. The number of carbonyl (C=O) groups is 1. The van der Waals surface area contributed by atoms with Crippen LogP contribution >= 0.6 is 23.4 Å². The zero-order chi connectivity index (χ0) is 20.4. The summed E-state index contributed by atoms with van der Waals surface area (Å²) in [6, 6.07) is 11.0. The van der Waals surface area contributed by atoms with Crippen LogP contribution < -0.4 is 4.72 Å². The quantitative estimate of drug-likeness (QED) is 0.569. The molecule has 4 rings (SSSR count). The molecule has 0 radical (unpaired) electrons.